The summed E-state index contributed by atoms with van der Waals surface area (Å²) in [5.74, 6) is 1.55. The smallest absolute Gasteiger partial charge is 0.229 e. The highest BCUT2D eigenvalue weighted by molar-refractivity contribution is 6.30. The van der Waals surface area contributed by atoms with E-state index in [1.54, 1.807) is 25.6 Å². The predicted molar refractivity (Wildman–Crippen MR) is 119 cm³/mol. The summed E-state index contributed by atoms with van der Waals surface area (Å²) in [6, 6.07) is 16.9. The lowest BCUT2D eigenvalue weighted by Crippen LogP contribution is -2.41. The first-order valence-electron chi connectivity index (χ1n) is 9.90. The number of carbonyl (C=O) groups is 1. The Labute approximate surface area is 180 Å². The van der Waals surface area contributed by atoms with E-state index < -0.39 is 0 Å². The molecule has 0 saturated carbocycles. The number of halogens is 1. The average Bonchev–Trinajstić information content (AvgIpc) is 2.81. The van der Waals surface area contributed by atoms with Crippen molar-refractivity contribution in [3.05, 3.63) is 65.9 Å². The van der Waals surface area contributed by atoms with E-state index in [0.717, 1.165) is 47.9 Å². The van der Waals surface area contributed by atoms with Gasteiger partial charge in [-0.2, -0.15) is 0 Å². The standard InChI is InChI=1S/C23H23ClN4O2/c1-30-20-10-4-16(5-11-20)21-13-22(26-15-25-21)28-12-2-3-17(14-28)23(29)27-19-8-6-18(24)7-9-19/h4-11,13,15,17H,2-3,12,14H2,1H3,(H,27,29). The first-order valence-corrected chi connectivity index (χ1v) is 10.3. The van der Waals surface area contributed by atoms with Crippen molar-refractivity contribution in [2.45, 2.75) is 12.8 Å². The summed E-state index contributed by atoms with van der Waals surface area (Å²) in [5.41, 5.74) is 2.59. The molecule has 1 aliphatic rings. The number of nitrogens with one attached hydrogen (secondary N) is 1. The minimum absolute atomic E-state index is 0.0199. The molecule has 30 heavy (non-hydrogen) atoms. The molecule has 1 amide bonds. The Morgan fingerprint density at radius 1 is 1.13 bits per heavy atom. The average molecular weight is 423 g/mol. The Morgan fingerprint density at radius 3 is 2.63 bits per heavy atom. The molecule has 2 aromatic carbocycles. The molecule has 1 fully saturated rings. The second-order valence-corrected chi connectivity index (χ2v) is 7.71. The first-order chi connectivity index (χ1) is 14.6. The molecule has 7 heteroatoms. The SMILES string of the molecule is COc1ccc(-c2cc(N3CCCC(C(=O)Nc4ccc(Cl)cc4)C3)ncn2)cc1. The van der Waals surface area contributed by atoms with E-state index in [1.165, 1.54) is 0 Å². The van der Waals surface area contributed by atoms with Gasteiger partial charge in [0.1, 0.15) is 17.9 Å². The number of nitrogens with zero attached hydrogens (tertiary/aromatic N) is 3. The third-order valence-electron chi connectivity index (χ3n) is 5.27. The molecular weight excluding hydrogens is 400 g/mol. The van der Waals surface area contributed by atoms with Crippen LogP contribution in [0.15, 0.2) is 60.9 Å². The van der Waals surface area contributed by atoms with Crippen LogP contribution in [0.1, 0.15) is 12.8 Å². The van der Waals surface area contributed by atoms with Crippen LogP contribution in [0.3, 0.4) is 0 Å². The van der Waals surface area contributed by atoms with Crippen molar-refractivity contribution < 1.29 is 9.53 Å². The zero-order valence-electron chi connectivity index (χ0n) is 16.7. The third-order valence-corrected chi connectivity index (χ3v) is 5.52. The molecule has 0 bridgehead atoms. The van der Waals surface area contributed by atoms with Crippen molar-refractivity contribution in [3.63, 3.8) is 0 Å². The van der Waals surface area contributed by atoms with Crippen LogP contribution < -0.4 is 15.0 Å². The minimum Gasteiger partial charge on any atom is -0.497 e. The van der Waals surface area contributed by atoms with Gasteiger partial charge in [-0.15, -0.1) is 0 Å². The first kappa shape index (κ1) is 20.2. The Balaban J connectivity index is 1.46. The summed E-state index contributed by atoms with van der Waals surface area (Å²) in [5, 5.41) is 3.64. The summed E-state index contributed by atoms with van der Waals surface area (Å²) in [7, 11) is 1.65. The molecule has 0 spiro atoms. The second-order valence-electron chi connectivity index (χ2n) is 7.27. The van der Waals surface area contributed by atoms with Crippen molar-refractivity contribution in [1.82, 2.24) is 9.97 Å². The maximum absolute atomic E-state index is 12.8. The third kappa shape index (κ3) is 4.71. The van der Waals surface area contributed by atoms with Crippen molar-refractivity contribution in [1.29, 1.82) is 0 Å². The summed E-state index contributed by atoms with van der Waals surface area (Å²) in [6.07, 6.45) is 3.36. The van der Waals surface area contributed by atoms with E-state index >= 15 is 0 Å². The fraction of sp³-hybridized carbons (Fsp3) is 0.261. The number of aromatic nitrogens is 2. The second kappa shape index (κ2) is 9.13. The van der Waals surface area contributed by atoms with E-state index in [1.807, 2.05) is 42.5 Å². The van der Waals surface area contributed by atoms with E-state index in [-0.39, 0.29) is 11.8 Å². The van der Waals surface area contributed by atoms with Crippen LogP contribution in [-0.2, 0) is 4.79 Å². The fourth-order valence-corrected chi connectivity index (χ4v) is 3.74. The lowest BCUT2D eigenvalue weighted by Gasteiger charge is -2.33. The molecular formula is C23H23ClN4O2. The number of ether oxygens (including phenoxy) is 1. The number of piperidine rings is 1. The minimum atomic E-state index is -0.103. The maximum Gasteiger partial charge on any atom is 0.229 e. The van der Waals surface area contributed by atoms with Gasteiger partial charge in [0.2, 0.25) is 5.91 Å². The molecule has 4 rings (SSSR count). The van der Waals surface area contributed by atoms with Crippen LogP contribution in [0.25, 0.3) is 11.3 Å². The van der Waals surface area contributed by atoms with Crippen molar-refractivity contribution >= 4 is 29.0 Å². The Hall–Kier alpha value is -3.12. The number of methoxy groups -OCH3 is 1. The Bertz CT molecular complexity index is 1010. The monoisotopic (exact) mass is 422 g/mol. The van der Waals surface area contributed by atoms with Crippen LogP contribution in [0, 0.1) is 5.92 Å². The molecule has 0 radical (unpaired) electrons. The largest absolute Gasteiger partial charge is 0.497 e. The van der Waals surface area contributed by atoms with Gasteiger partial charge in [0, 0.05) is 35.4 Å². The molecule has 2 heterocycles. The highest BCUT2D eigenvalue weighted by Gasteiger charge is 2.27. The van der Waals surface area contributed by atoms with Crippen LogP contribution in [0.2, 0.25) is 5.02 Å². The van der Waals surface area contributed by atoms with Gasteiger partial charge in [-0.05, 0) is 61.4 Å². The van der Waals surface area contributed by atoms with E-state index in [9.17, 15) is 4.79 Å². The van der Waals surface area contributed by atoms with Crippen LogP contribution in [-0.4, -0.2) is 36.1 Å². The van der Waals surface area contributed by atoms with Crippen molar-refractivity contribution in [3.8, 4) is 17.0 Å². The van der Waals surface area contributed by atoms with Gasteiger partial charge >= 0.3 is 0 Å². The van der Waals surface area contributed by atoms with Gasteiger partial charge in [0.15, 0.2) is 0 Å². The highest BCUT2D eigenvalue weighted by atomic mass is 35.5. The topological polar surface area (TPSA) is 67.3 Å². The van der Waals surface area contributed by atoms with Crippen LogP contribution in [0.4, 0.5) is 11.5 Å². The number of amides is 1. The lowest BCUT2D eigenvalue weighted by molar-refractivity contribution is -0.120. The molecule has 0 aliphatic carbocycles. The van der Waals surface area contributed by atoms with E-state index in [2.05, 4.69) is 20.2 Å². The zero-order chi connectivity index (χ0) is 20.9. The molecule has 1 unspecified atom stereocenters. The van der Waals surface area contributed by atoms with Crippen LogP contribution in [0.5, 0.6) is 5.75 Å². The molecule has 1 saturated heterocycles. The maximum atomic E-state index is 12.8. The number of rotatable bonds is 5. The quantitative estimate of drug-likeness (QED) is 0.647. The molecule has 154 valence electrons. The van der Waals surface area contributed by atoms with Crippen molar-refractivity contribution in [2.75, 3.05) is 30.4 Å². The van der Waals surface area contributed by atoms with Crippen LogP contribution >= 0.6 is 11.6 Å². The molecule has 1 aliphatic heterocycles. The van der Waals surface area contributed by atoms with Gasteiger partial charge in [0.25, 0.3) is 0 Å². The lowest BCUT2D eigenvalue weighted by atomic mass is 9.97. The molecule has 1 N–H and O–H groups in total. The zero-order valence-corrected chi connectivity index (χ0v) is 17.5. The predicted octanol–water partition coefficient (Wildman–Crippen LogP) is 4.66. The number of anilines is 2. The van der Waals surface area contributed by atoms with Gasteiger partial charge in [-0.1, -0.05) is 11.6 Å². The van der Waals surface area contributed by atoms with Crippen molar-refractivity contribution in [2.24, 2.45) is 5.92 Å². The van der Waals surface area contributed by atoms with Gasteiger partial charge < -0.3 is 15.0 Å². The summed E-state index contributed by atoms with van der Waals surface area (Å²) < 4.78 is 5.22. The van der Waals surface area contributed by atoms with Gasteiger partial charge in [0.05, 0.1) is 18.7 Å². The highest BCUT2D eigenvalue weighted by Crippen LogP contribution is 2.27. The van der Waals surface area contributed by atoms with E-state index in [4.69, 9.17) is 16.3 Å². The number of carbonyl (C=O) groups excluding carboxylic acids is 1. The summed E-state index contributed by atoms with van der Waals surface area (Å²) in [6.45, 7) is 1.49. The fourth-order valence-electron chi connectivity index (χ4n) is 3.62. The van der Waals surface area contributed by atoms with E-state index in [0.29, 0.717) is 11.6 Å². The molecule has 6 nitrogen and oxygen atoms in total. The van der Waals surface area contributed by atoms with Gasteiger partial charge in [-0.25, -0.2) is 9.97 Å². The number of hydrogen-bond donors (Lipinski definition) is 1. The normalized spacial score (nSPS) is 16.2. The number of hydrogen-bond acceptors (Lipinski definition) is 5. The molecule has 3 aromatic rings. The summed E-state index contributed by atoms with van der Waals surface area (Å²) >= 11 is 5.92. The Morgan fingerprint density at radius 2 is 1.90 bits per heavy atom. The molecule has 1 aromatic heterocycles. The number of benzene rings is 2. The van der Waals surface area contributed by atoms with Gasteiger partial charge in [-0.3, -0.25) is 4.79 Å². The molecule has 1 atom stereocenters. The Kier molecular flexibility index (Phi) is 6.14. The summed E-state index contributed by atoms with van der Waals surface area (Å²) in [4.78, 5) is 23.8.